The van der Waals surface area contributed by atoms with Crippen LogP contribution in [0.4, 0.5) is 0 Å². The number of aromatic nitrogens is 2. The molecule has 0 bridgehead atoms. The number of halogens is 1. The topological polar surface area (TPSA) is 72.3 Å². The molecule has 0 atom stereocenters. The Kier molecular flexibility index (Phi) is 3.97. The van der Waals surface area contributed by atoms with Crippen LogP contribution >= 0.6 is 11.6 Å². The van der Waals surface area contributed by atoms with Gasteiger partial charge < -0.3 is 9.84 Å². The molecule has 0 unspecified atom stereocenters. The molecule has 1 aromatic carbocycles. The van der Waals surface area contributed by atoms with Gasteiger partial charge in [0, 0.05) is 6.20 Å². The summed E-state index contributed by atoms with van der Waals surface area (Å²) in [5.41, 5.74) is 0.544. The molecule has 98 valence electrons. The monoisotopic (exact) mass is 278 g/mol. The number of carbonyl (C=O) groups is 1. The SMILES string of the molecule is CCOC(=O)c1cnc(-c2ccccc2O)nc1Cl. The molecule has 0 spiro atoms. The van der Waals surface area contributed by atoms with Crippen LogP contribution in [0.15, 0.2) is 30.5 Å². The molecule has 1 heterocycles. The first-order valence-corrected chi connectivity index (χ1v) is 5.99. The van der Waals surface area contributed by atoms with Crippen molar-refractivity contribution in [3.63, 3.8) is 0 Å². The number of carbonyl (C=O) groups excluding carboxylic acids is 1. The van der Waals surface area contributed by atoms with Crippen LogP contribution in [0, 0.1) is 0 Å². The minimum Gasteiger partial charge on any atom is -0.507 e. The number of phenols is 1. The summed E-state index contributed by atoms with van der Waals surface area (Å²) in [6.45, 7) is 1.94. The molecule has 0 saturated carbocycles. The van der Waals surface area contributed by atoms with Crippen molar-refractivity contribution in [1.29, 1.82) is 0 Å². The second kappa shape index (κ2) is 5.67. The third kappa shape index (κ3) is 2.82. The van der Waals surface area contributed by atoms with Crippen molar-refractivity contribution >= 4 is 17.6 Å². The largest absolute Gasteiger partial charge is 0.507 e. The van der Waals surface area contributed by atoms with Gasteiger partial charge in [-0.1, -0.05) is 23.7 Å². The van der Waals surface area contributed by atoms with Crippen molar-refractivity contribution in [2.45, 2.75) is 6.92 Å². The number of para-hydroxylation sites is 1. The Hall–Kier alpha value is -2.14. The smallest absolute Gasteiger partial charge is 0.342 e. The van der Waals surface area contributed by atoms with Crippen molar-refractivity contribution in [3.8, 4) is 17.1 Å². The summed E-state index contributed by atoms with van der Waals surface area (Å²) in [4.78, 5) is 19.6. The molecule has 0 fully saturated rings. The first kappa shape index (κ1) is 13.3. The van der Waals surface area contributed by atoms with Gasteiger partial charge in [-0.15, -0.1) is 0 Å². The lowest BCUT2D eigenvalue weighted by atomic mass is 10.2. The number of rotatable bonds is 3. The van der Waals surface area contributed by atoms with E-state index in [1.807, 2.05) is 0 Å². The number of benzene rings is 1. The number of nitrogens with zero attached hydrogens (tertiary/aromatic N) is 2. The molecule has 0 aliphatic rings. The minimum absolute atomic E-state index is 0.00768. The number of aromatic hydroxyl groups is 1. The predicted octanol–water partition coefficient (Wildman–Crippen LogP) is 2.68. The summed E-state index contributed by atoms with van der Waals surface area (Å²) in [7, 11) is 0. The number of phenolic OH excluding ortho intramolecular Hbond substituents is 1. The maximum atomic E-state index is 11.5. The Labute approximate surface area is 114 Å². The second-order valence-electron chi connectivity index (χ2n) is 3.64. The van der Waals surface area contributed by atoms with Crippen LogP contribution in [0.25, 0.3) is 11.4 Å². The highest BCUT2D eigenvalue weighted by Gasteiger charge is 2.15. The van der Waals surface area contributed by atoms with Gasteiger partial charge in [0.25, 0.3) is 0 Å². The molecule has 1 aromatic heterocycles. The molecular formula is C13H11ClN2O3. The summed E-state index contributed by atoms with van der Waals surface area (Å²) >= 11 is 5.93. The fourth-order valence-electron chi connectivity index (χ4n) is 1.50. The van der Waals surface area contributed by atoms with Gasteiger partial charge in [0.2, 0.25) is 0 Å². The van der Waals surface area contributed by atoms with Crippen molar-refractivity contribution in [2.75, 3.05) is 6.61 Å². The summed E-state index contributed by atoms with van der Waals surface area (Å²) in [5, 5.41) is 9.70. The van der Waals surface area contributed by atoms with Crippen LogP contribution in [0.3, 0.4) is 0 Å². The highest BCUT2D eigenvalue weighted by Crippen LogP contribution is 2.27. The highest BCUT2D eigenvalue weighted by molar-refractivity contribution is 6.32. The molecule has 2 aromatic rings. The van der Waals surface area contributed by atoms with Crippen molar-refractivity contribution in [2.24, 2.45) is 0 Å². The Morgan fingerprint density at radius 1 is 1.42 bits per heavy atom. The van der Waals surface area contributed by atoms with E-state index in [2.05, 4.69) is 9.97 Å². The Bertz CT molecular complexity index is 617. The normalized spacial score (nSPS) is 10.2. The molecule has 19 heavy (non-hydrogen) atoms. The minimum atomic E-state index is -0.573. The third-order valence-corrected chi connectivity index (χ3v) is 2.67. The molecule has 0 radical (unpaired) electrons. The zero-order chi connectivity index (χ0) is 13.8. The molecule has 0 aliphatic heterocycles. The van der Waals surface area contributed by atoms with Crippen molar-refractivity contribution in [1.82, 2.24) is 9.97 Å². The van der Waals surface area contributed by atoms with E-state index >= 15 is 0 Å². The van der Waals surface area contributed by atoms with Crippen LogP contribution in [0.1, 0.15) is 17.3 Å². The average molecular weight is 279 g/mol. The maximum absolute atomic E-state index is 11.5. The number of hydrogen-bond acceptors (Lipinski definition) is 5. The van der Waals surface area contributed by atoms with Crippen LogP contribution in [-0.2, 0) is 4.74 Å². The predicted molar refractivity (Wildman–Crippen MR) is 70.1 cm³/mol. The molecule has 0 aliphatic carbocycles. The number of ether oxygens (including phenoxy) is 1. The first-order chi connectivity index (χ1) is 9.13. The van der Waals surface area contributed by atoms with Gasteiger partial charge >= 0.3 is 5.97 Å². The fourth-order valence-corrected chi connectivity index (χ4v) is 1.71. The number of hydrogen-bond donors (Lipinski definition) is 1. The van der Waals surface area contributed by atoms with E-state index in [9.17, 15) is 9.90 Å². The molecule has 0 saturated heterocycles. The molecule has 1 N–H and O–H groups in total. The standard InChI is InChI=1S/C13H11ClN2O3/c1-2-19-13(18)9-7-15-12(16-11(9)14)8-5-3-4-6-10(8)17/h3-7,17H,2H2,1H3. The maximum Gasteiger partial charge on any atom is 0.342 e. The highest BCUT2D eigenvalue weighted by atomic mass is 35.5. The molecule has 0 amide bonds. The zero-order valence-electron chi connectivity index (χ0n) is 10.1. The Morgan fingerprint density at radius 2 is 2.16 bits per heavy atom. The fraction of sp³-hybridized carbons (Fsp3) is 0.154. The lowest BCUT2D eigenvalue weighted by Crippen LogP contribution is -2.07. The molecule has 6 heteroatoms. The van der Waals surface area contributed by atoms with E-state index in [0.29, 0.717) is 5.56 Å². The second-order valence-corrected chi connectivity index (χ2v) is 3.99. The number of esters is 1. The molecule has 2 rings (SSSR count). The average Bonchev–Trinajstić information content (AvgIpc) is 2.39. The lowest BCUT2D eigenvalue weighted by Gasteiger charge is -2.06. The summed E-state index contributed by atoms with van der Waals surface area (Å²) in [6.07, 6.45) is 1.29. The van der Waals surface area contributed by atoms with E-state index in [1.54, 1.807) is 25.1 Å². The van der Waals surface area contributed by atoms with Gasteiger partial charge in [0.05, 0.1) is 12.2 Å². The van der Waals surface area contributed by atoms with Gasteiger partial charge in [-0.2, -0.15) is 0 Å². The third-order valence-electron chi connectivity index (χ3n) is 2.38. The van der Waals surface area contributed by atoms with E-state index < -0.39 is 5.97 Å². The van der Waals surface area contributed by atoms with Gasteiger partial charge in [-0.3, -0.25) is 0 Å². The van der Waals surface area contributed by atoms with Crippen LogP contribution < -0.4 is 0 Å². The van der Waals surface area contributed by atoms with Crippen molar-refractivity contribution in [3.05, 3.63) is 41.2 Å². The van der Waals surface area contributed by atoms with Gasteiger partial charge in [-0.25, -0.2) is 14.8 Å². The summed E-state index contributed by atoms with van der Waals surface area (Å²) in [5.74, 6) is -0.282. The van der Waals surface area contributed by atoms with Crippen LogP contribution in [0.2, 0.25) is 5.15 Å². The molecule has 5 nitrogen and oxygen atoms in total. The van der Waals surface area contributed by atoms with Gasteiger partial charge in [0.1, 0.15) is 16.5 Å². The zero-order valence-corrected chi connectivity index (χ0v) is 10.9. The van der Waals surface area contributed by atoms with E-state index in [1.165, 1.54) is 12.3 Å². The van der Waals surface area contributed by atoms with Crippen molar-refractivity contribution < 1.29 is 14.6 Å². The quantitative estimate of drug-likeness (QED) is 0.690. The summed E-state index contributed by atoms with van der Waals surface area (Å²) < 4.78 is 4.83. The Balaban J connectivity index is 2.39. The van der Waals surface area contributed by atoms with E-state index in [-0.39, 0.29) is 28.9 Å². The van der Waals surface area contributed by atoms with Gasteiger partial charge in [0.15, 0.2) is 5.82 Å². The van der Waals surface area contributed by atoms with E-state index in [4.69, 9.17) is 16.3 Å². The first-order valence-electron chi connectivity index (χ1n) is 5.61. The summed E-state index contributed by atoms with van der Waals surface area (Å²) in [6, 6.07) is 6.61. The molecular weight excluding hydrogens is 268 g/mol. The van der Waals surface area contributed by atoms with E-state index in [0.717, 1.165) is 0 Å². The Morgan fingerprint density at radius 3 is 2.79 bits per heavy atom. The van der Waals surface area contributed by atoms with Crippen LogP contribution in [0.5, 0.6) is 5.75 Å². The van der Waals surface area contributed by atoms with Gasteiger partial charge in [-0.05, 0) is 19.1 Å². The lowest BCUT2D eigenvalue weighted by molar-refractivity contribution is 0.0525. The van der Waals surface area contributed by atoms with Crippen LogP contribution in [-0.4, -0.2) is 27.7 Å².